The van der Waals surface area contributed by atoms with Crippen molar-refractivity contribution in [2.24, 2.45) is 12.0 Å². The van der Waals surface area contributed by atoms with Gasteiger partial charge in [-0.2, -0.15) is 0 Å². The van der Waals surface area contributed by atoms with Crippen molar-refractivity contribution in [3.63, 3.8) is 0 Å². The molecule has 0 amide bonds. The highest BCUT2D eigenvalue weighted by Crippen LogP contribution is 2.10. The Morgan fingerprint density at radius 2 is 2.08 bits per heavy atom. The lowest BCUT2D eigenvalue weighted by Gasteiger charge is -2.22. The first-order valence-corrected chi connectivity index (χ1v) is 8.05. The predicted molar refractivity (Wildman–Crippen MR) is 92.9 cm³/mol. The van der Waals surface area contributed by atoms with Crippen LogP contribution in [-0.4, -0.2) is 35.6 Å². The number of hydrogen-bond acceptors (Lipinski definition) is 1. The van der Waals surface area contributed by atoms with E-state index in [1.807, 2.05) is 38.2 Å². The molecule has 0 saturated heterocycles. The van der Waals surface area contributed by atoms with E-state index >= 15 is 0 Å². The van der Waals surface area contributed by atoms with Gasteiger partial charge >= 0.3 is 0 Å². The molecule has 0 spiro atoms. The highest BCUT2D eigenvalue weighted by Gasteiger charge is 2.09. The van der Waals surface area contributed by atoms with Gasteiger partial charge < -0.3 is 14.8 Å². The fraction of sp³-hybridized carbons (Fsp3) is 0.389. The van der Waals surface area contributed by atoms with Gasteiger partial charge in [0.1, 0.15) is 11.6 Å². The number of aromatic nitrogens is 1. The Balaban J connectivity index is 2.02. The highest BCUT2D eigenvalue weighted by atomic mass is 19.1. The summed E-state index contributed by atoms with van der Waals surface area (Å²) >= 11 is 0. The van der Waals surface area contributed by atoms with Crippen molar-refractivity contribution in [1.29, 1.82) is 0 Å². The normalized spacial score (nSPS) is 11.6. The topological polar surface area (TPSA) is 32.6 Å². The van der Waals surface area contributed by atoms with Gasteiger partial charge in [0.15, 0.2) is 5.96 Å². The lowest BCUT2D eigenvalue weighted by Crippen LogP contribution is -2.39. The maximum absolute atomic E-state index is 13.7. The molecule has 1 N–H and O–H groups in total. The fourth-order valence-corrected chi connectivity index (χ4v) is 2.47. The van der Waals surface area contributed by atoms with Crippen LogP contribution >= 0.6 is 0 Å². The Morgan fingerprint density at radius 3 is 2.75 bits per heavy atom. The quantitative estimate of drug-likeness (QED) is 0.651. The van der Waals surface area contributed by atoms with Crippen molar-refractivity contribution in [2.45, 2.75) is 19.9 Å². The zero-order chi connectivity index (χ0) is 17.5. The van der Waals surface area contributed by atoms with Crippen LogP contribution in [0.25, 0.3) is 0 Å². The van der Waals surface area contributed by atoms with E-state index in [0.29, 0.717) is 25.1 Å². The van der Waals surface area contributed by atoms with E-state index in [4.69, 9.17) is 0 Å². The Bertz CT molecular complexity index is 694. The monoisotopic (exact) mass is 334 g/mol. The molecule has 0 fully saturated rings. The Hall–Kier alpha value is -2.37. The standard InChI is InChI=1S/C18H24F2N4/c1-4-21-18(24(3)13-16-6-5-11-23(16)2)22-10-9-14-12-15(19)7-8-17(14)20/h5-8,11-12H,4,9-10,13H2,1-3H3,(H,21,22). The average Bonchev–Trinajstić information content (AvgIpc) is 2.94. The number of nitrogens with one attached hydrogen (secondary N) is 1. The molecule has 130 valence electrons. The first kappa shape index (κ1) is 18.0. The number of benzene rings is 1. The number of halogens is 2. The third kappa shape index (κ3) is 4.81. The average molecular weight is 334 g/mol. The first-order chi connectivity index (χ1) is 11.5. The van der Waals surface area contributed by atoms with Crippen LogP contribution < -0.4 is 5.32 Å². The van der Waals surface area contributed by atoms with Crippen LogP contribution in [0.15, 0.2) is 41.5 Å². The molecule has 2 aromatic rings. The third-order valence-electron chi connectivity index (χ3n) is 3.80. The van der Waals surface area contributed by atoms with Gasteiger partial charge in [0.25, 0.3) is 0 Å². The molecule has 0 aliphatic heterocycles. The van der Waals surface area contributed by atoms with E-state index in [9.17, 15) is 8.78 Å². The van der Waals surface area contributed by atoms with Gasteiger partial charge in [-0.25, -0.2) is 8.78 Å². The van der Waals surface area contributed by atoms with Crippen molar-refractivity contribution in [1.82, 2.24) is 14.8 Å². The zero-order valence-corrected chi connectivity index (χ0v) is 14.4. The SMILES string of the molecule is CCNC(=NCCc1cc(F)ccc1F)N(C)Cc1cccn1C. The van der Waals surface area contributed by atoms with Crippen molar-refractivity contribution < 1.29 is 8.78 Å². The molecule has 24 heavy (non-hydrogen) atoms. The smallest absolute Gasteiger partial charge is 0.194 e. The van der Waals surface area contributed by atoms with Crippen LogP contribution in [0.4, 0.5) is 8.78 Å². The van der Waals surface area contributed by atoms with E-state index in [1.54, 1.807) is 0 Å². The minimum atomic E-state index is -0.428. The predicted octanol–water partition coefficient (Wildman–Crippen LogP) is 2.94. The number of hydrogen-bond donors (Lipinski definition) is 1. The summed E-state index contributed by atoms with van der Waals surface area (Å²) in [6.45, 7) is 3.84. The van der Waals surface area contributed by atoms with E-state index in [1.165, 1.54) is 11.8 Å². The molecule has 4 nitrogen and oxygen atoms in total. The molecule has 0 aliphatic rings. The van der Waals surface area contributed by atoms with Gasteiger partial charge in [-0.1, -0.05) is 0 Å². The second-order valence-electron chi connectivity index (χ2n) is 5.69. The van der Waals surface area contributed by atoms with Crippen LogP contribution in [0.5, 0.6) is 0 Å². The van der Waals surface area contributed by atoms with Crippen LogP contribution in [0.1, 0.15) is 18.2 Å². The van der Waals surface area contributed by atoms with Gasteiger partial charge in [-0.3, -0.25) is 4.99 Å². The molecule has 1 aromatic heterocycles. The van der Waals surface area contributed by atoms with Crippen LogP contribution in [0, 0.1) is 11.6 Å². The molecular weight excluding hydrogens is 310 g/mol. The number of guanidine groups is 1. The van der Waals surface area contributed by atoms with Gasteiger partial charge in [-0.05, 0) is 49.2 Å². The Labute approximate surface area is 141 Å². The lowest BCUT2D eigenvalue weighted by atomic mass is 10.1. The van der Waals surface area contributed by atoms with E-state index in [2.05, 4.69) is 20.9 Å². The first-order valence-electron chi connectivity index (χ1n) is 8.05. The molecule has 1 aromatic carbocycles. The molecule has 0 unspecified atom stereocenters. The summed E-state index contributed by atoms with van der Waals surface area (Å²) in [5, 5.41) is 3.23. The van der Waals surface area contributed by atoms with Gasteiger partial charge in [0.2, 0.25) is 0 Å². The summed E-state index contributed by atoms with van der Waals surface area (Å²) in [6, 6.07) is 7.56. The summed E-state index contributed by atoms with van der Waals surface area (Å²) in [6.07, 6.45) is 2.36. The molecule has 6 heteroatoms. The van der Waals surface area contributed by atoms with Gasteiger partial charge in [0, 0.05) is 39.1 Å². The van der Waals surface area contributed by atoms with Crippen LogP contribution in [0.2, 0.25) is 0 Å². The summed E-state index contributed by atoms with van der Waals surface area (Å²) < 4.78 is 28.9. The van der Waals surface area contributed by atoms with E-state index in [0.717, 1.165) is 24.6 Å². The fourth-order valence-electron chi connectivity index (χ4n) is 2.47. The Kier molecular flexibility index (Phi) is 6.35. The second kappa shape index (κ2) is 8.47. The number of aryl methyl sites for hydroxylation is 1. The Morgan fingerprint density at radius 1 is 1.29 bits per heavy atom. The van der Waals surface area contributed by atoms with Crippen molar-refractivity contribution >= 4 is 5.96 Å². The van der Waals surface area contributed by atoms with Crippen molar-refractivity contribution in [3.05, 3.63) is 59.4 Å². The van der Waals surface area contributed by atoms with E-state index in [-0.39, 0.29) is 0 Å². The molecule has 0 atom stereocenters. The number of rotatable bonds is 6. The number of aliphatic imine (C=N–C) groups is 1. The minimum absolute atomic E-state index is 0.347. The van der Waals surface area contributed by atoms with E-state index < -0.39 is 11.6 Å². The maximum atomic E-state index is 13.7. The third-order valence-corrected chi connectivity index (χ3v) is 3.80. The number of nitrogens with zero attached hydrogens (tertiary/aromatic N) is 3. The highest BCUT2D eigenvalue weighted by molar-refractivity contribution is 5.79. The molecule has 1 heterocycles. The van der Waals surface area contributed by atoms with Crippen molar-refractivity contribution in [2.75, 3.05) is 20.1 Å². The molecule has 0 saturated carbocycles. The van der Waals surface area contributed by atoms with Gasteiger partial charge in [-0.15, -0.1) is 0 Å². The van der Waals surface area contributed by atoms with Gasteiger partial charge in [0.05, 0.1) is 6.54 Å². The molecule has 0 aliphatic carbocycles. The minimum Gasteiger partial charge on any atom is -0.357 e. The summed E-state index contributed by atoms with van der Waals surface area (Å²) in [5.74, 6) is -0.0765. The molecule has 0 radical (unpaired) electrons. The summed E-state index contributed by atoms with van der Waals surface area (Å²) in [4.78, 5) is 6.54. The van der Waals surface area contributed by atoms with Crippen LogP contribution in [0.3, 0.4) is 0 Å². The van der Waals surface area contributed by atoms with Crippen LogP contribution in [-0.2, 0) is 20.0 Å². The maximum Gasteiger partial charge on any atom is 0.194 e. The molecule has 0 bridgehead atoms. The zero-order valence-electron chi connectivity index (χ0n) is 14.4. The summed E-state index contributed by atoms with van der Waals surface area (Å²) in [5.41, 5.74) is 1.51. The molecular formula is C18H24F2N4. The lowest BCUT2D eigenvalue weighted by molar-refractivity contribution is 0.462. The second-order valence-corrected chi connectivity index (χ2v) is 5.69. The summed E-state index contributed by atoms with van der Waals surface area (Å²) in [7, 11) is 3.96. The molecule has 2 rings (SSSR count). The van der Waals surface area contributed by atoms with Crippen molar-refractivity contribution in [3.8, 4) is 0 Å². The largest absolute Gasteiger partial charge is 0.357 e.